The molecule has 8 heteroatoms. The highest BCUT2D eigenvalue weighted by Gasteiger charge is 2.12. The summed E-state index contributed by atoms with van der Waals surface area (Å²) in [5.41, 5.74) is 7.70. The van der Waals surface area contributed by atoms with Crippen LogP contribution in [-0.4, -0.2) is 20.2 Å². The minimum Gasteiger partial charge on any atom is -0.383 e. The van der Waals surface area contributed by atoms with Crippen LogP contribution in [0.1, 0.15) is 11.4 Å². The maximum atomic E-state index is 6.15. The Hall–Kier alpha value is -1.70. The first kappa shape index (κ1) is 15.2. The lowest BCUT2D eigenvalue weighted by atomic mass is 10.2. The van der Waals surface area contributed by atoms with Gasteiger partial charge < -0.3 is 5.73 Å². The van der Waals surface area contributed by atoms with Crippen LogP contribution >= 0.6 is 34.7 Å². The third kappa shape index (κ3) is 3.37. The normalized spacial score (nSPS) is 10.8. The SMILES string of the molecule is Cc1ncc(-c2nnc(SCc3ccccc3Cl)s2)c(N)n1. The Morgan fingerprint density at radius 3 is 2.86 bits per heavy atom. The predicted octanol–water partition coefficient (Wildman–Crippen LogP) is 3.83. The van der Waals surface area contributed by atoms with Gasteiger partial charge in [0, 0.05) is 17.0 Å². The van der Waals surface area contributed by atoms with Crippen molar-refractivity contribution in [2.45, 2.75) is 17.0 Å². The van der Waals surface area contributed by atoms with Gasteiger partial charge in [-0.2, -0.15) is 0 Å². The summed E-state index contributed by atoms with van der Waals surface area (Å²) in [6, 6.07) is 7.77. The maximum absolute atomic E-state index is 6.15. The quantitative estimate of drug-likeness (QED) is 0.721. The van der Waals surface area contributed by atoms with Crippen molar-refractivity contribution >= 4 is 40.5 Å². The van der Waals surface area contributed by atoms with E-state index in [0.29, 0.717) is 17.2 Å². The lowest BCUT2D eigenvalue weighted by Crippen LogP contribution is -1.97. The fourth-order valence-electron chi connectivity index (χ4n) is 1.78. The number of nitrogen functional groups attached to an aromatic ring is 1. The van der Waals surface area contributed by atoms with E-state index in [1.54, 1.807) is 24.9 Å². The molecule has 0 spiro atoms. The molecule has 0 aliphatic heterocycles. The highest BCUT2D eigenvalue weighted by molar-refractivity contribution is 8.00. The zero-order valence-corrected chi connectivity index (χ0v) is 14.0. The van der Waals surface area contributed by atoms with Crippen LogP contribution in [0.15, 0.2) is 34.8 Å². The van der Waals surface area contributed by atoms with Gasteiger partial charge in [-0.3, -0.25) is 0 Å². The molecule has 2 N–H and O–H groups in total. The monoisotopic (exact) mass is 349 g/mol. The van der Waals surface area contributed by atoms with Gasteiger partial charge in [0.05, 0.1) is 5.56 Å². The zero-order chi connectivity index (χ0) is 15.5. The van der Waals surface area contributed by atoms with Crippen molar-refractivity contribution in [3.8, 4) is 10.6 Å². The molecule has 0 aliphatic rings. The smallest absolute Gasteiger partial charge is 0.174 e. The first-order valence-electron chi connectivity index (χ1n) is 6.42. The van der Waals surface area contributed by atoms with Crippen LogP contribution in [0.5, 0.6) is 0 Å². The molecule has 2 heterocycles. The van der Waals surface area contributed by atoms with Gasteiger partial charge in [-0.1, -0.05) is 52.9 Å². The van der Waals surface area contributed by atoms with Crippen LogP contribution in [0, 0.1) is 6.92 Å². The Bertz CT molecular complexity index is 805. The largest absolute Gasteiger partial charge is 0.383 e. The number of nitrogens with zero attached hydrogens (tertiary/aromatic N) is 4. The molecule has 0 bridgehead atoms. The predicted molar refractivity (Wildman–Crippen MR) is 91.1 cm³/mol. The third-order valence-electron chi connectivity index (χ3n) is 2.88. The Morgan fingerprint density at radius 2 is 2.09 bits per heavy atom. The van der Waals surface area contributed by atoms with Crippen molar-refractivity contribution in [2.75, 3.05) is 5.73 Å². The molecule has 22 heavy (non-hydrogen) atoms. The minimum absolute atomic E-state index is 0.423. The van der Waals surface area contributed by atoms with E-state index in [9.17, 15) is 0 Å². The molecular weight excluding hydrogens is 338 g/mol. The number of nitrogens with two attached hydrogens (primary N) is 1. The summed E-state index contributed by atoms with van der Waals surface area (Å²) in [5, 5.41) is 9.83. The fourth-order valence-corrected chi connectivity index (χ4v) is 3.94. The molecule has 3 aromatic rings. The number of anilines is 1. The maximum Gasteiger partial charge on any atom is 0.174 e. The minimum atomic E-state index is 0.423. The van der Waals surface area contributed by atoms with Gasteiger partial charge in [0.15, 0.2) is 9.35 Å². The van der Waals surface area contributed by atoms with Gasteiger partial charge in [-0.05, 0) is 18.6 Å². The first-order valence-corrected chi connectivity index (χ1v) is 8.60. The van der Waals surface area contributed by atoms with Crippen LogP contribution in [0.25, 0.3) is 10.6 Å². The molecule has 0 aliphatic carbocycles. The molecule has 112 valence electrons. The summed E-state index contributed by atoms with van der Waals surface area (Å²) in [4.78, 5) is 8.30. The van der Waals surface area contributed by atoms with Crippen molar-refractivity contribution in [3.05, 3.63) is 46.9 Å². The summed E-state index contributed by atoms with van der Waals surface area (Å²) >= 11 is 9.21. The van der Waals surface area contributed by atoms with E-state index in [0.717, 1.165) is 25.7 Å². The molecule has 0 fully saturated rings. The zero-order valence-electron chi connectivity index (χ0n) is 11.7. The van der Waals surface area contributed by atoms with Gasteiger partial charge >= 0.3 is 0 Å². The van der Waals surface area contributed by atoms with E-state index < -0.39 is 0 Å². The van der Waals surface area contributed by atoms with Crippen LogP contribution in [-0.2, 0) is 5.75 Å². The third-order valence-corrected chi connectivity index (χ3v) is 5.39. The molecule has 0 amide bonds. The number of hydrogen-bond donors (Lipinski definition) is 1. The van der Waals surface area contributed by atoms with E-state index in [4.69, 9.17) is 17.3 Å². The molecule has 0 saturated heterocycles. The van der Waals surface area contributed by atoms with Crippen LogP contribution in [0.4, 0.5) is 5.82 Å². The molecule has 1 aromatic carbocycles. The van der Waals surface area contributed by atoms with E-state index in [-0.39, 0.29) is 0 Å². The number of aryl methyl sites for hydroxylation is 1. The van der Waals surface area contributed by atoms with Crippen LogP contribution in [0.3, 0.4) is 0 Å². The molecule has 2 aromatic heterocycles. The summed E-state index contributed by atoms with van der Waals surface area (Å²) in [7, 11) is 0. The highest BCUT2D eigenvalue weighted by atomic mass is 35.5. The summed E-state index contributed by atoms with van der Waals surface area (Å²) in [6.45, 7) is 1.80. The average Bonchev–Trinajstić information content (AvgIpc) is 2.95. The Balaban J connectivity index is 1.75. The molecule has 0 saturated carbocycles. The standard InChI is InChI=1S/C14H12ClN5S2/c1-8-17-6-10(12(16)18-8)13-19-20-14(22-13)21-7-9-4-2-3-5-11(9)15/h2-6H,7H2,1H3,(H2,16,17,18). The number of aromatic nitrogens is 4. The van der Waals surface area contributed by atoms with Gasteiger partial charge in [0.1, 0.15) is 11.6 Å². The molecule has 0 unspecified atom stereocenters. The molecule has 3 rings (SSSR count). The number of thioether (sulfide) groups is 1. The second kappa shape index (κ2) is 6.60. The summed E-state index contributed by atoms with van der Waals surface area (Å²) in [5.74, 6) is 1.80. The second-order valence-electron chi connectivity index (χ2n) is 4.47. The number of benzene rings is 1. The fraction of sp³-hybridized carbons (Fsp3) is 0.143. The van der Waals surface area contributed by atoms with Crippen molar-refractivity contribution in [1.29, 1.82) is 0 Å². The average molecular weight is 350 g/mol. The molecule has 0 atom stereocenters. The topological polar surface area (TPSA) is 77.6 Å². The Kier molecular flexibility index (Phi) is 4.56. The van der Waals surface area contributed by atoms with E-state index in [1.165, 1.54) is 11.3 Å². The van der Waals surface area contributed by atoms with Gasteiger partial charge in [0.2, 0.25) is 0 Å². The summed E-state index contributed by atoms with van der Waals surface area (Å²) < 4.78 is 0.856. The number of hydrogen-bond acceptors (Lipinski definition) is 7. The van der Waals surface area contributed by atoms with Crippen molar-refractivity contribution in [1.82, 2.24) is 20.2 Å². The molecule has 0 radical (unpaired) electrons. The van der Waals surface area contributed by atoms with E-state index in [1.807, 2.05) is 24.3 Å². The Morgan fingerprint density at radius 1 is 1.27 bits per heavy atom. The highest BCUT2D eigenvalue weighted by Crippen LogP contribution is 2.33. The Labute approximate surface area is 141 Å². The lowest BCUT2D eigenvalue weighted by Gasteiger charge is -2.01. The number of halogens is 1. The van der Waals surface area contributed by atoms with Gasteiger partial charge in [0.25, 0.3) is 0 Å². The summed E-state index contributed by atoms with van der Waals surface area (Å²) in [6.07, 6.45) is 1.68. The van der Waals surface area contributed by atoms with Crippen molar-refractivity contribution < 1.29 is 0 Å². The van der Waals surface area contributed by atoms with Gasteiger partial charge in [-0.15, -0.1) is 10.2 Å². The van der Waals surface area contributed by atoms with Gasteiger partial charge in [-0.25, -0.2) is 9.97 Å². The first-order chi connectivity index (χ1) is 10.6. The second-order valence-corrected chi connectivity index (χ2v) is 7.08. The van der Waals surface area contributed by atoms with E-state index >= 15 is 0 Å². The number of rotatable bonds is 4. The van der Waals surface area contributed by atoms with Crippen LogP contribution in [0.2, 0.25) is 5.02 Å². The van der Waals surface area contributed by atoms with Crippen molar-refractivity contribution in [2.24, 2.45) is 0 Å². The lowest BCUT2D eigenvalue weighted by molar-refractivity contribution is 1.01. The molecule has 5 nitrogen and oxygen atoms in total. The van der Waals surface area contributed by atoms with Crippen LogP contribution < -0.4 is 5.73 Å². The van der Waals surface area contributed by atoms with E-state index in [2.05, 4.69) is 20.2 Å². The molecular formula is C14H12ClN5S2. The van der Waals surface area contributed by atoms with Crippen molar-refractivity contribution in [3.63, 3.8) is 0 Å².